The molecule has 0 aliphatic carbocycles. The van der Waals surface area contributed by atoms with E-state index in [1.54, 1.807) is 0 Å². The molecule has 4 unspecified atom stereocenters. The highest BCUT2D eigenvalue weighted by Crippen LogP contribution is 2.20. The number of rotatable bonds is 32. The molecule has 0 aliphatic rings. The van der Waals surface area contributed by atoms with E-state index >= 15 is 0 Å². The van der Waals surface area contributed by atoms with E-state index in [1.807, 2.05) is 13.0 Å². The molecule has 0 aromatic carbocycles. The molecule has 0 amide bonds. The predicted octanol–water partition coefficient (Wildman–Crippen LogP) is 9.29. The lowest BCUT2D eigenvalue weighted by atomic mass is 9.93. The fourth-order valence-electron chi connectivity index (χ4n) is 5.68. The largest absolute Gasteiger partial charge is 0.396 e. The van der Waals surface area contributed by atoms with Gasteiger partial charge in [-0.3, -0.25) is 0 Å². The molecule has 0 spiro atoms. The normalized spacial score (nSPS) is 13.8. The Morgan fingerprint density at radius 3 is 1.35 bits per heavy atom. The van der Waals surface area contributed by atoms with Crippen LogP contribution in [-0.2, 0) is 0 Å². The summed E-state index contributed by atoms with van der Waals surface area (Å²) in [6, 6.07) is 0. The maximum atomic E-state index is 9.33. The van der Waals surface area contributed by atoms with Gasteiger partial charge < -0.3 is 30.6 Å². The predicted molar refractivity (Wildman–Crippen MR) is 199 cm³/mol. The molecule has 6 N–H and O–H groups in total. The van der Waals surface area contributed by atoms with Crippen molar-refractivity contribution < 1.29 is 30.6 Å². The van der Waals surface area contributed by atoms with E-state index in [-0.39, 0.29) is 12.7 Å². The second-order valence-corrected chi connectivity index (χ2v) is 13.2. The summed E-state index contributed by atoms with van der Waals surface area (Å²) in [5.41, 5.74) is 0. The third-order valence-corrected chi connectivity index (χ3v) is 8.89. The van der Waals surface area contributed by atoms with Crippen molar-refractivity contribution in [2.75, 3.05) is 33.0 Å². The molecule has 0 rings (SSSR count). The van der Waals surface area contributed by atoms with Crippen LogP contribution in [0.15, 0.2) is 24.8 Å². The molecule has 0 saturated carbocycles. The molecule has 278 valence electrons. The summed E-state index contributed by atoms with van der Waals surface area (Å²) in [5.74, 6) is 1.88. The molecular formula is C40H82O6. The van der Waals surface area contributed by atoms with Gasteiger partial charge in [0, 0.05) is 33.0 Å². The summed E-state index contributed by atoms with van der Waals surface area (Å²) in [6.45, 7) is 11.6. The van der Waals surface area contributed by atoms with Gasteiger partial charge in [0.05, 0.1) is 6.10 Å². The first kappa shape index (κ1) is 49.6. The van der Waals surface area contributed by atoms with Crippen LogP contribution in [-0.4, -0.2) is 69.8 Å². The molecule has 0 aromatic heterocycles. The SMILES string of the molecule is C=CC(CCO)CC/C=C/CCCCO.CCC(CCCCCCCCO)CC(C)O.CCC(CCO)CCCCCCCCO. The van der Waals surface area contributed by atoms with Gasteiger partial charge in [0.15, 0.2) is 0 Å². The summed E-state index contributed by atoms with van der Waals surface area (Å²) in [5, 5.41) is 52.8. The lowest BCUT2D eigenvalue weighted by molar-refractivity contribution is 0.155. The first-order valence-electron chi connectivity index (χ1n) is 19.4. The van der Waals surface area contributed by atoms with Crippen LogP contribution >= 0.6 is 0 Å². The van der Waals surface area contributed by atoms with Crippen LogP contribution in [0.25, 0.3) is 0 Å². The fraction of sp³-hybridized carbons (Fsp3) is 0.900. The molecule has 0 radical (unpaired) electrons. The van der Waals surface area contributed by atoms with Crippen molar-refractivity contribution >= 4 is 0 Å². The molecule has 0 bridgehead atoms. The van der Waals surface area contributed by atoms with Gasteiger partial charge in [-0.15, -0.1) is 6.58 Å². The molecular weight excluding hydrogens is 576 g/mol. The first-order valence-corrected chi connectivity index (χ1v) is 19.4. The molecule has 6 heteroatoms. The van der Waals surface area contributed by atoms with Crippen LogP contribution in [0, 0.1) is 17.8 Å². The monoisotopic (exact) mass is 659 g/mol. The third kappa shape index (κ3) is 43.2. The maximum Gasteiger partial charge on any atom is 0.0514 e. The van der Waals surface area contributed by atoms with Gasteiger partial charge >= 0.3 is 0 Å². The van der Waals surface area contributed by atoms with Crippen LogP contribution in [0.2, 0.25) is 0 Å². The van der Waals surface area contributed by atoms with Crippen molar-refractivity contribution in [2.24, 2.45) is 17.8 Å². The molecule has 0 aliphatic heterocycles. The Labute approximate surface area is 286 Å². The molecule has 0 aromatic rings. The Hall–Kier alpha value is -0.760. The zero-order valence-corrected chi connectivity index (χ0v) is 30.9. The molecule has 0 fully saturated rings. The van der Waals surface area contributed by atoms with E-state index in [0.717, 1.165) is 70.1 Å². The minimum absolute atomic E-state index is 0.144. The second kappa shape index (κ2) is 44.2. The van der Waals surface area contributed by atoms with Crippen molar-refractivity contribution in [3.8, 4) is 0 Å². The summed E-state index contributed by atoms with van der Waals surface area (Å²) < 4.78 is 0. The number of hydrogen-bond donors (Lipinski definition) is 6. The standard InChI is InChI=1S/C14H30O2.C13H28O2.C13H24O2/c1-3-14(12-13(2)16)10-8-6-4-5-7-9-11-15;2*1-2-13(10-12-15)9-7-5-3-4-6-8-11-14/h13-16H,3-12H2,1-2H3;13-15H,2-12H2,1H3;2-3,5,13-15H,1,4,6-12H2/b;;5-3+. The van der Waals surface area contributed by atoms with Crippen molar-refractivity contribution in [3.05, 3.63) is 24.8 Å². The van der Waals surface area contributed by atoms with Gasteiger partial charge in [-0.1, -0.05) is 122 Å². The highest BCUT2D eigenvalue weighted by molar-refractivity contribution is 4.86. The maximum absolute atomic E-state index is 9.33. The first-order chi connectivity index (χ1) is 22.4. The van der Waals surface area contributed by atoms with Crippen LogP contribution in [0.4, 0.5) is 0 Å². The summed E-state index contributed by atoms with van der Waals surface area (Å²) in [7, 11) is 0. The Kier molecular flexibility index (Phi) is 47.7. The summed E-state index contributed by atoms with van der Waals surface area (Å²) in [4.78, 5) is 0. The van der Waals surface area contributed by atoms with Crippen molar-refractivity contribution in [2.45, 2.75) is 181 Å². The fourth-order valence-corrected chi connectivity index (χ4v) is 5.68. The van der Waals surface area contributed by atoms with E-state index in [1.165, 1.54) is 89.9 Å². The van der Waals surface area contributed by atoms with Crippen LogP contribution in [0.3, 0.4) is 0 Å². The minimum Gasteiger partial charge on any atom is -0.396 e. The van der Waals surface area contributed by atoms with Crippen LogP contribution in [0.5, 0.6) is 0 Å². The molecule has 0 heterocycles. The average molecular weight is 659 g/mol. The zero-order chi connectivity index (χ0) is 34.9. The van der Waals surface area contributed by atoms with E-state index in [9.17, 15) is 5.11 Å². The molecule has 4 atom stereocenters. The summed E-state index contributed by atoms with van der Waals surface area (Å²) in [6.07, 6.45) is 33.6. The highest BCUT2D eigenvalue weighted by atomic mass is 16.3. The van der Waals surface area contributed by atoms with Gasteiger partial charge in [0.2, 0.25) is 0 Å². The smallest absolute Gasteiger partial charge is 0.0514 e. The number of hydrogen-bond acceptors (Lipinski definition) is 6. The zero-order valence-electron chi connectivity index (χ0n) is 30.9. The Morgan fingerprint density at radius 1 is 0.478 bits per heavy atom. The van der Waals surface area contributed by atoms with Gasteiger partial charge in [-0.25, -0.2) is 0 Å². The van der Waals surface area contributed by atoms with E-state index in [2.05, 4.69) is 32.6 Å². The van der Waals surface area contributed by atoms with E-state index < -0.39 is 0 Å². The lowest BCUT2D eigenvalue weighted by Crippen LogP contribution is -2.09. The summed E-state index contributed by atoms with van der Waals surface area (Å²) >= 11 is 0. The van der Waals surface area contributed by atoms with E-state index in [0.29, 0.717) is 38.3 Å². The molecule has 6 nitrogen and oxygen atoms in total. The highest BCUT2D eigenvalue weighted by Gasteiger charge is 2.09. The Morgan fingerprint density at radius 2 is 0.913 bits per heavy atom. The second-order valence-electron chi connectivity index (χ2n) is 13.2. The number of unbranched alkanes of at least 4 members (excludes halogenated alkanes) is 12. The number of allylic oxidation sites excluding steroid dienone is 3. The van der Waals surface area contributed by atoms with E-state index in [4.69, 9.17) is 25.5 Å². The van der Waals surface area contributed by atoms with Crippen LogP contribution < -0.4 is 0 Å². The number of aliphatic hydroxyl groups is 6. The van der Waals surface area contributed by atoms with Crippen molar-refractivity contribution in [1.82, 2.24) is 0 Å². The molecule has 0 saturated heterocycles. The minimum atomic E-state index is -0.144. The average Bonchev–Trinajstić information content (AvgIpc) is 3.05. The molecule has 46 heavy (non-hydrogen) atoms. The van der Waals surface area contributed by atoms with Gasteiger partial charge in [0.1, 0.15) is 0 Å². The third-order valence-electron chi connectivity index (χ3n) is 8.89. The Bertz CT molecular complexity index is 568. The van der Waals surface area contributed by atoms with Crippen molar-refractivity contribution in [1.29, 1.82) is 0 Å². The van der Waals surface area contributed by atoms with Gasteiger partial charge in [-0.2, -0.15) is 0 Å². The number of aliphatic hydroxyl groups excluding tert-OH is 6. The quantitative estimate of drug-likeness (QED) is 0.0317. The lowest BCUT2D eigenvalue weighted by Gasteiger charge is -2.16. The van der Waals surface area contributed by atoms with Gasteiger partial charge in [0.25, 0.3) is 0 Å². The van der Waals surface area contributed by atoms with Crippen LogP contribution in [0.1, 0.15) is 175 Å². The van der Waals surface area contributed by atoms with Gasteiger partial charge in [-0.05, 0) is 88.9 Å². The topological polar surface area (TPSA) is 121 Å². The Balaban J connectivity index is -0.000000603. The van der Waals surface area contributed by atoms with Crippen molar-refractivity contribution in [3.63, 3.8) is 0 Å².